The second-order valence-corrected chi connectivity index (χ2v) is 6.84. The Morgan fingerprint density at radius 2 is 1.96 bits per heavy atom. The van der Waals surface area contributed by atoms with Crippen LogP contribution in [0.15, 0.2) is 42.6 Å². The standard InChI is InChI=1S/C19H18FN3O2S/c1-12-3-8-16(10-21-12)25-11-17-23-13(2)18(26-17)19(24)22-9-14-4-6-15(20)7-5-14/h3-8,10H,9,11H2,1-2H3,(H,22,24). The summed E-state index contributed by atoms with van der Waals surface area (Å²) in [5, 5.41) is 3.54. The highest BCUT2D eigenvalue weighted by Gasteiger charge is 2.15. The van der Waals surface area contributed by atoms with Gasteiger partial charge in [0.25, 0.3) is 5.91 Å². The number of carbonyl (C=O) groups excluding carboxylic acids is 1. The summed E-state index contributed by atoms with van der Waals surface area (Å²) >= 11 is 1.30. The molecule has 3 rings (SSSR count). The molecule has 3 aromatic rings. The van der Waals surface area contributed by atoms with Gasteiger partial charge in [0.05, 0.1) is 11.9 Å². The Balaban J connectivity index is 1.58. The van der Waals surface area contributed by atoms with E-state index in [0.717, 1.165) is 16.3 Å². The molecule has 0 aliphatic carbocycles. The van der Waals surface area contributed by atoms with E-state index in [-0.39, 0.29) is 18.3 Å². The van der Waals surface area contributed by atoms with Gasteiger partial charge in [-0.3, -0.25) is 9.78 Å². The topological polar surface area (TPSA) is 64.1 Å². The first-order valence-electron chi connectivity index (χ1n) is 8.05. The first kappa shape index (κ1) is 18.0. The molecule has 26 heavy (non-hydrogen) atoms. The number of thiazole rings is 1. The molecule has 0 aliphatic heterocycles. The zero-order valence-electron chi connectivity index (χ0n) is 14.5. The van der Waals surface area contributed by atoms with E-state index in [0.29, 0.717) is 22.9 Å². The molecule has 5 nitrogen and oxygen atoms in total. The second-order valence-electron chi connectivity index (χ2n) is 5.76. The van der Waals surface area contributed by atoms with E-state index in [9.17, 15) is 9.18 Å². The van der Waals surface area contributed by atoms with Gasteiger partial charge in [0, 0.05) is 12.2 Å². The van der Waals surface area contributed by atoms with Crippen molar-refractivity contribution < 1.29 is 13.9 Å². The molecular formula is C19H18FN3O2S. The average Bonchev–Trinajstić information content (AvgIpc) is 3.01. The van der Waals surface area contributed by atoms with Crippen LogP contribution in [0.2, 0.25) is 0 Å². The van der Waals surface area contributed by atoms with Crippen LogP contribution in [0.25, 0.3) is 0 Å². The van der Waals surface area contributed by atoms with Gasteiger partial charge < -0.3 is 10.1 Å². The van der Waals surface area contributed by atoms with Gasteiger partial charge in [-0.1, -0.05) is 12.1 Å². The molecule has 1 aromatic carbocycles. The maximum atomic E-state index is 12.9. The fourth-order valence-electron chi connectivity index (χ4n) is 2.27. The van der Waals surface area contributed by atoms with Crippen LogP contribution in [0.3, 0.4) is 0 Å². The molecule has 2 heterocycles. The fraction of sp³-hybridized carbons (Fsp3) is 0.211. The predicted octanol–water partition coefficient (Wildman–Crippen LogP) is 3.80. The normalized spacial score (nSPS) is 10.6. The van der Waals surface area contributed by atoms with Gasteiger partial charge in [-0.2, -0.15) is 0 Å². The third-order valence-corrected chi connectivity index (χ3v) is 4.79. The van der Waals surface area contributed by atoms with Crippen LogP contribution >= 0.6 is 11.3 Å². The minimum absolute atomic E-state index is 0.201. The minimum atomic E-state index is -0.299. The molecule has 0 saturated heterocycles. The van der Waals surface area contributed by atoms with Crippen molar-refractivity contribution in [3.05, 3.63) is 75.2 Å². The molecule has 1 amide bonds. The van der Waals surface area contributed by atoms with Gasteiger partial charge in [0.1, 0.15) is 28.1 Å². The smallest absolute Gasteiger partial charge is 0.263 e. The highest BCUT2D eigenvalue weighted by Crippen LogP contribution is 2.20. The van der Waals surface area contributed by atoms with E-state index in [1.165, 1.54) is 23.5 Å². The van der Waals surface area contributed by atoms with Gasteiger partial charge >= 0.3 is 0 Å². The number of amides is 1. The van der Waals surface area contributed by atoms with Crippen LogP contribution in [0.4, 0.5) is 4.39 Å². The monoisotopic (exact) mass is 371 g/mol. The van der Waals surface area contributed by atoms with E-state index in [2.05, 4.69) is 15.3 Å². The highest BCUT2D eigenvalue weighted by atomic mass is 32.1. The van der Waals surface area contributed by atoms with Crippen molar-refractivity contribution in [1.82, 2.24) is 15.3 Å². The number of hydrogen-bond acceptors (Lipinski definition) is 5. The zero-order valence-corrected chi connectivity index (χ0v) is 15.3. The van der Waals surface area contributed by atoms with Crippen molar-refractivity contribution in [2.45, 2.75) is 27.0 Å². The summed E-state index contributed by atoms with van der Waals surface area (Å²) in [6.07, 6.45) is 1.66. The molecule has 2 aromatic heterocycles. The Bertz CT molecular complexity index is 892. The number of aryl methyl sites for hydroxylation is 2. The van der Waals surface area contributed by atoms with Crippen LogP contribution in [0.1, 0.15) is 31.6 Å². The summed E-state index contributed by atoms with van der Waals surface area (Å²) < 4.78 is 18.6. The SMILES string of the molecule is Cc1ccc(OCc2nc(C)c(C(=O)NCc3ccc(F)cc3)s2)cn1. The van der Waals surface area contributed by atoms with E-state index in [1.807, 2.05) is 19.1 Å². The van der Waals surface area contributed by atoms with Crippen LogP contribution in [0, 0.1) is 19.7 Å². The number of rotatable bonds is 6. The number of aromatic nitrogens is 2. The summed E-state index contributed by atoms with van der Waals surface area (Å²) in [5.74, 6) is 0.158. The van der Waals surface area contributed by atoms with E-state index in [1.54, 1.807) is 25.3 Å². The van der Waals surface area contributed by atoms with Crippen LogP contribution in [0.5, 0.6) is 5.75 Å². The van der Waals surface area contributed by atoms with Crippen molar-refractivity contribution in [2.24, 2.45) is 0 Å². The van der Waals surface area contributed by atoms with Gasteiger partial charge in [0.15, 0.2) is 0 Å². The zero-order chi connectivity index (χ0) is 18.5. The Hall–Kier alpha value is -2.80. The maximum Gasteiger partial charge on any atom is 0.263 e. The third kappa shape index (κ3) is 4.64. The molecule has 0 atom stereocenters. The Morgan fingerprint density at radius 3 is 2.65 bits per heavy atom. The van der Waals surface area contributed by atoms with Crippen molar-refractivity contribution >= 4 is 17.2 Å². The quantitative estimate of drug-likeness (QED) is 0.716. The van der Waals surface area contributed by atoms with Crippen LogP contribution < -0.4 is 10.1 Å². The van der Waals surface area contributed by atoms with Crippen molar-refractivity contribution in [2.75, 3.05) is 0 Å². The number of ether oxygens (including phenoxy) is 1. The largest absolute Gasteiger partial charge is 0.485 e. The molecular weight excluding hydrogens is 353 g/mol. The summed E-state index contributed by atoms with van der Waals surface area (Å²) in [5.41, 5.74) is 2.41. The molecule has 7 heteroatoms. The van der Waals surface area contributed by atoms with Gasteiger partial charge in [-0.15, -0.1) is 11.3 Å². The van der Waals surface area contributed by atoms with Gasteiger partial charge in [-0.25, -0.2) is 9.37 Å². The molecule has 1 N–H and O–H groups in total. The number of nitrogens with zero attached hydrogens (tertiary/aromatic N) is 2. The average molecular weight is 371 g/mol. The highest BCUT2D eigenvalue weighted by molar-refractivity contribution is 7.13. The number of hydrogen-bond donors (Lipinski definition) is 1. The summed E-state index contributed by atoms with van der Waals surface area (Å²) in [6, 6.07) is 9.74. The van der Waals surface area contributed by atoms with Crippen molar-refractivity contribution in [3.8, 4) is 5.75 Å². The number of benzene rings is 1. The molecule has 0 spiro atoms. The predicted molar refractivity (Wildman–Crippen MR) is 97.7 cm³/mol. The molecule has 0 unspecified atom stereocenters. The van der Waals surface area contributed by atoms with Gasteiger partial charge in [0.2, 0.25) is 0 Å². The lowest BCUT2D eigenvalue weighted by Crippen LogP contribution is -2.22. The lowest BCUT2D eigenvalue weighted by atomic mass is 10.2. The third-order valence-electron chi connectivity index (χ3n) is 3.66. The number of pyridine rings is 1. The second kappa shape index (κ2) is 8.05. The lowest BCUT2D eigenvalue weighted by Gasteiger charge is -2.04. The first-order valence-corrected chi connectivity index (χ1v) is 8.87. The minimum Gasteiger partial charge on any atom is -0.485 e. The fourth-order valence-corrected chi connectivity index (χ4v) is 3.17. The van der Waals surface area contributed by atoms with E-state index < -0.39 is 0 Å². The lowest BCUT2D eigenvalue weighted by molar-refractivity contribution is 0.0954. The molecule has 0 bridgehead atoms. The number of halogens is 1. The maximum absolute atomic E-state index is 12.9. The Labute approximate surface area is 154 Å². The molecule has 0 aliphatic rings. The number of carbonyl (C=O) groups is 1. The van der Waals surface area contributed by atoms with E-state index in [4.69, 9.17) is 4.74 Å². The van der Waals surface area contributed by atoms with Crippen LogP contribution in [-0.2, 0) is 13.2 Å². The molecule has 0 fully saturated rings. The molecule has 0 radical (unpaired) electrons. The summed E-state index contributed by atoms with van der Waals surface area (Å²) in [6.45, 7) is 4.31. The summed E-state index contributed by atoms with van der Waals surface area (Å²) in [4.78, 5) is 21.5. The molecule has 134 valence electrons. The van der Waals surface area contributed by atoms with E-state index >= 15 is 0 Å². The Kier molecular flexibility index (Phi) is 5.58. The van der Waals surface area contributed by atoms with Crippen molar-refractivity contribution in [1.29, 1.82) is 0 Å². The van der Waals surface area contributed by atoms with Gasteiger partial charge in [-0.05, 0) is 43.7 Å². The number of nitrogens with one attached hydrogen (secondary N) is 1. The Morgan fingerprint density at radius 1 is 1.19 bits per heavy atom. The molecule has 0 saturated carbocycles. The summed E-state index contributed by atoms with van der Waals surface area (Å²) in [7, 11) is 0. The first-order chi connectivity index (χ1) is 12.5. The van der Waals surface area contributed by atoms with Crippen LogP contribution in [-0.4, -0.2) is 15.9 Å². The van der Waals surface area contributed by atoms with Crippen molar-refractivity contribution in [3.63, 3.8) is 0 Å².